The fourth-order valence-electron chi connectivity index (χ4n) is 3.26. The zero-order valence-electron chi connectivity index (χ0n) is 16.3. The number of nitrogens with zero attached hydrogens (tertiary/aromatic N) is 3. The molecule has 1 atom stereocenters. The largest absolute Gasteiger partial charge is 0.354 e. The number of rotatable bonds is 5. The maximum absolute atomic E-state index is 4.98. The molecule has 0 saturated carbocycles. The molecule has 2 heterocycles. The van der Waals surface area contributed by atoms with Gasteiger partial charge in [0.05, 0.1) is 0 Å². The lowest BCUT2D eigenvalue weighted by Crippen LogP contribution is -2.28. The molecule has 1 aliphatic heterocycles. The van der Waals surface area contributed by atoms with Gasteiger partial charge in [0.15, 0.2) is 5.84 Å². The molecule has 5 heteroatoms. The second kappa shape index (κ2) is 9.09. The van der Waals surface area contributed by atoms with E-state index in [2.05, 4.69) is 60.7 Å². The van der Waals surface area contributed by atoms with Crippen LogP contribution in [-0.2, 0) is 0 Å². The molecule has 0 aliphatic carbocycles. The van der Waals surface area contributed by atoms with Crippen molar-refractivity contribution in [3.63, 3.8) is 0 Å². The smallest absolute Gasteiger partial charge is 0.156 e. The first-order valence-electron chi connectivity index (χ1n) is 9.62. The molecule has 1 N–H and O–H groups in total. The van der Waals surface area contributed by atoms with E-state index in [4.69, 9.17) is 4.98 Å². The number of anilines is 2. The lowest BCUT2D eigenvalue weighted by molar-refractivity contribution is 0.727. The lowest BCUT2D eigenvalue weighted by Gasteiger charge is -2.24. The summed E-state index contributed by atoms with van der Waals surface area (Å²) in [4.78, 5) is 13.0. The van der Waals surface area contributed by atoms with Crippen LogP contribution in [0.25, 0.3) is 0 Å². The van der Waals surface area contributed by atoms with E-state index >= 15 is 0 Å². The number of amidine groups is 1. The zero-order chi connectivity index (χ0) is 19.2. The highest BCUT2D eigenvalue weighted by Crippen LogP contribution is 2.25. The average Bonchev–Trinajstić information content (AvgIpc) is 3.09. The van der Waals surface area contributed by atoms with Crippen molar-refractivity contribution >= 4 is 30.0 Å². The number of aryl methyl sites for hydroxylation is 1. The standard InChI is InChI=1S/C22H28N4S/c1-4-5-14-23-22(24-18-9-11-19(27)12-10-18)21-16(2)8-13-20(25-21)26-15-6-7-17(26)3/h5,8-14,17,27H,4,6-7,15H2,1-3H3,(H,23,24)/b14-5+. The number of benzene rings is 1. The molecule has 1 aromatic carbocycles. The van der Waals surface area contributed by atoms with Gasteiger partial charge in [0.2, 0.25) is 0 Å². The van der Waals surface area contributed by atoms with Gasteiger partial charge in [-0.1, -0.05) is 19.1 Å². The maximum atomic E-state index is 4.98. The fraction of sp³-hybridized carbons (Fsp3) is 0.364. The van der Waals surface area contributed by atoms with E-state index in [1.54, 1.807) is 0 Å². The Hall–Kier alpha value is -2.27. The van der Waals surface area contributed by atoms with Crippen molar-refractivity contribution in [2.75, 3.05) is 16.8 Å². The van der Waals surface area contributed by atoms with Crippen molar-refractivity contribution in [2.24, 2.45) is 4.99 Å². The third kappa shape index (κ3) is 4.92. The minimum atomic E-state index is 0.532. The number of pyridine rings is 1. The van der Waals surface area contributed by atoms with E-state index in [0.29, 0.717) is 6.04 Å². The van der Waals surface area contributed by atoms with Gasteiger partial charge in [-0.3, -0.25) is 0 Å². The van der Waals surface area contributed by atoms with Crippen LogP contribution < -0.4 is 10.2 Å². The predicted octanol–water partition coefficient (Wildman–Crippen LogP) is 5.45. The molecule has 1 unspecified atom stereocenters. The summed E-state index contributed by atoms with van der Waals surface area (Å²) in [6.07, 6.45) is 7.28. The Kier molecular flexibility index (Phi) is 6.56. The summed E-state index contributed by atoms with van der Waals surface area (Å²) >= 11 is 4.36. The van der Waals surface area contributed by atoms with Gasteiger partial charge >= 0.3 is 0 Å². The lowest BCUT2D eigenvalue weighted by atomic mass is 10.2. The van der Waals surface area contributed by atoms with Crippen LogP contribution in [0.1, 0.15) is 44.4 Å². The molecule has 0 amide bonds. The molecule has 4 nitrogen and oxygen atoms in total. The van der Waals surface area contributed by atoms with E-state index in [0.717, 1.165) is 46.5 Å². The van der Waals surface area contributed by atoms with Crippen molar-refractivity contribution in [3.05, 3.63) is 59.9 Å². The van der Waals surface area contributed by atoms with Crippen LogP contribution in [0.3, 0.4) is 0 Å². The molecule has 142 valence electrons. The van der Waals surface area contributed by atoms with E-state index in [-0.39, 0.29) is 0 Å². The van der Waals surface area contributed by atoms with E-state index in [1.807, 2.05) is 36.5 Å². The number of aliphatic imine (C=N–C) groups is 1. The highest BCUT2D eigenvalue weighted by atomic mass is 32.1. The SMILES string of the molecule is CC/C=C/N=C(Nc1ccc(S)cc1)c1nc(N2CCCC2C)ccc1C. The van der Waals surface area contributed by atoms with E-state index in [9.17, 15) is 0 Å². The predicted molar refractivity (Wildman–Crippen MR) is 118 cm³/mol. The number of hydrogen-bond acceptors (Lipinski definition) is 4. The van der Waals surface area contributed by atoms with Crippen molar-refractivity contribution in [1.29, 1.82) is 0 Å². The zero-order valence-corrected chi connectivity index (χ0v) is 17.2. The molecule has 1 aliphatic rings. The van der Waals surface area contributed by atoms with Gasteiger partial charge in [0.25, 0.3) is 0 Å². The molecule has 0 bridgehead atoms. The normalized spacial score (nSPS) is 17.7. The monoisotopic (exact) mass is 380 g/mol. The van der Waals surface area contributed by atoms with Crippen LogP contribution in [0.2, 0.25) is 0 Å². The first kappa shape index (κ1) is 19.5. The molecule has 3 rings (SSSR count). The Morgan fingerprint density at radius 2 is 2.07 bits per heavy atom. The molecule has 1 fully saturated rings. The Balaban J connectivity index is 1.96. The summed E-state index contributed by atoms with van der Waals surface area (Å²) < 4.78 is 0. The first-order valence-corrected chi connectivity index (χ1v) is 10.1. The van der Waals surface area contributed by atoms with Gasteiger partial charge in [0, 0.05) is 29.4 Å². The molecule has 1 aromatic heterocycles. The van der Waals surface area contributed by atoms with Gasteiger partial charge in [-0.15, -0.1) is 12.6 Å². The minimum absolute atomic E-state index is 0.532. The van der Waals surface area contributed by atoms with Gasteiger partial charge in [-0.2, -0.15) is 0 Å². The van der Waals surface area contributed by atoms with Crippen LogP contribution in [-0.4, -0.2) is 23.4 Å². The van der Waals surface area contributed by atoms with Crippen molar-refractivity contribution in [3.8, 4) is 0 Å². The van der Waals surface area contributed by atoms with Gasteiger partial charge in [-0.25, -0.2) is 9.98 Å². The molecule has 0 radical (unpaired) electrons. The second-order valence-electron chi connectivity index (χ2n) is 6.96. The van der Waals surface area contributed by atoms with Crippen molar-refractivity contribution in [1.82, 2.24) is 4.98 Å². The molecular weight excluding hydrogens is 352 g/mol. The molecule has 27 heavy (non-hydrogen) atoms. The Morgan fingerprint density at radius 3 is 2.74 bits per heavy atom. The number of allylic oxidation sites excluding steroid dienone is 1. The van der Waals surface area contributed by atoms with Crippen molar-refractivity contribution in [2.45, 2.75) is 51.0 Å². The third-order valence-corrected chi connectivity index (χ3v) is 5.13. The minimum Gasteiger partial charge on any atom is -0.354 e. The third-order valence-electron chi connectivity index (χ3n) is 4.83. The summed E-state index contributed by atoms with van der Waals surface area (Å²) in [5, 5.41) is 3.44. The van der Waals surface area contributed by atoms with Crippen molar-refractivity contribution < 1.29 is 0 Å². The average molecular weight is 381 g/mol. The highest BCUT2D eigenvalue weighted by molar-refractivity contribution is 7.80. The number of thiol groups is 1. The first-order chi connectivity index (χ1) is 13.1. The van der Waals surface area contributed by atoms with E-state index in [1.165, 1.54) is 12.8 Å². The number of hydrogen-bond donors (Lipinski definition) is 2. The topological polar surface area (TPSA) is 40.5 Å². The second-order valence-corrected chi connectivity index (χ2v) is 7.48. The summed E-state index contributed by atoms with van der Waals surface area (Å²) in [5.74, 6) is 1.79. The van der Waals surface area contributed by atoms with Crippen LogP contribution in [0, 0.1) is 6.92 Å². The Morgan fingerprint density at radius 1 is 1.30 bits per heavy atom. The van der Waals surface area contributed by atoms with Gasteiger partial charge < -0.3 is 10.2 Å². The Labute approximate surface area is 167 Å². The van der Waals surface area contributed by atoms with Gasteiger partial charge in [-0.05, 0) is 69.0 Å². The molecular formula is C22H28N4S. The molecule has 1 saturated heterocycles. The highest BCUT2D eigenvalue weighted by Gasteiger charge is 2.22. The number of nitrogens with one attached hydrogen (secondary N) is 1. The quantitative estimate of drug-likeness (QED) is 0.412. The summed E-state index contributed by atoms with van der Waals surface area (Å²) in [6, 6.07) is 12.7. The van der Waals surface area contributed by atoms with Crippen LogP contribution in [0.4, 0.5) is 11.5 Å². The van der Waals surface area contributed by atoms with Crippen LogP contribution in [0.5, 0.6) is 0 Å². The van der Waals surface area contributed by atoms with E-state index < -0.39 is 0 Å². The summed E-state index contributed by atoms with van der Waals surface area (Å²) in [5.41, 5.74) is 2.97. The van der Waals surface area contributed by atoms with Crippen LogP contribution in [0.15, 0.2) is 58.6 Å². The molecule has 2 aromatic rings. The fourth-order valence-corrected chi connectivity index (χ4v) is 3.41. The van der Waals surface area contributed by atoms with Crippen LogP contribution >= 0.6 is 12.6 Å². The maximum Gasteiger partial charge on any atom is 0.156 e. The Bertz CT molecular complexity index is 827. The number of aromatic nitrogens is 1. The van der Waals surface area contributed by atoms with Gasteiger partial charge in [0.1, 0.15) is 11.5 Å². The molecule has 0 spiro atoms. The summed E-state index contributed by atoms with van der Waals surface area (Å²) in [6.45, 7) is 7.51. The summed E-state index contributed by atoms with van der Waals surface area (Å²) in [7, 11) is 0.